The van der Waals surface area contributed by atoms with Gasteiger partial charge in [0.05, 0.1) is 10.2 Å². The number of nitrogens with zero attached hydrogens (tertiary/aromatic N) is 2. The number of H-pyrrole nitrogens is 1. The molecule has 1 aliphatic rings. The molecule has 0 aliphatic carbocycles. The van der Waals surface area contributed by atoms with Gasteiger partial charge in [-0.1, -0.05) is 12.1 Å². The van der Waals surface area contributed by atoms with E-state index in [0.29, 0.717) is 22.2 Å². The normalized spacial score (nSPS) is 13.1. The highest BCUT2D eigenvalue weighted by atomic mass is 32.1. The van der Waals surface area contributed by atoms with Crippen molar-refractivity contribution in [1.29, 1.82) is 0 Å². The number of nitrogens with one attached hydrogen (secondary N) is 3. The third-order valence-electron chi connectivity index (χ3n) is 4.92. The molecule has 4 heterocycles. The summed E-state index contributed by atoms with van der Waals surface area (Å²) in [7, 11) is 0. The van der Waals surface area contributed by atoms with Gasteiger partial charge in [0.15, 0.2) is 0 Å². The van der Waals surface area contributed by atoms with E-state index in [1.165, 1.54) is 49.4 Å². The zero-order chi connectivity index (χ0) is 21.8. The van der Waals surface area contributed by atoms with Crippen molar-refractivity contribution in [3.8, 4) is 10.6 Å². The monoisotopic (exact) mass is 437 g/mol. The second-order valence-electron chi connectivity index (χ2n) is 7.51. The molecule has 6 nitrogen and oxygen atoms in total. The molecular formula is C23H24FN5OS. The van der Waals surface area contributed by atoms with Crippen LogP contribution in [0.15, 0.2) is 47.4 Å². The number of aromatic amines is 1. The molecule has 0 amide bonds. The van der Waals surface area contributed by atoms with E-state index in [9.17, 15) is 9.18 Å². The van der Waals surface area contributed by atoms with Gasteiger partial charge in [0, 0.05) is 23.9 Å². The van der Waals surface area contributed by atoms with Crippen molar-refractivity contribution >= 4 is 33.2 Å². The molecule has 0 atom stereocenters. The number of thiazole rings is 1. The molecule has 1 saturated heterocycles. The average molecular weight is 438 g/mol. The van der Waals surface area contributed by atoms with Crippen LogP contribution in [0.3, 0.4) is 0 Å². The zero-order valence-corrected chi connectivity index (χ0v) is 18.3. The Morgan fingerprint density at radius 2 is 1.94 bits per heavy atom. The fourth-order valence-corrected chi connectivity index (χ4v) is 4.45. The Labute approximate surface area is 183 Å². The van der Waals surface area contributed by atoms with Gasteiger partial charge in [-0.3, -0.25) is 4.79 Å². The number of fused-ring (bicyclic) bond motifs is 1. The Bertz CT molecular complexity index is 1230. The van der Waals surface area contributed by atoms with E-state index in [1.807, 2.05) is 26.0 Å². The van der Waals surface area contributed by atoms with Gasteiger partial charge in [-0.15, -0.1) is 11.3 Å². The summed E-state index contributed by atoms with van der Waals surface area (Å²) >= 11 is 1.40. The lowest BCUT2D eigenvalue weighted by Crippen LogP contribution is -2.08. The summed E-state index contributed by atoms with van der Waals surface area (Å²) in [6, 6.07) is 10.1. The van der Waals surface area contributed by atoms with Gasteiger partial charge in [-0.05, 0) is 63.0 Å². The Hall–Kier alpha value is -3.10. The molecule has 0 saturated carbocycles. The van der Waals surface area contributed by atoms with E-state index in [4.69, 9.17) is 0 Å². The second-order valence-corrected chi connectivity index (χ2v) is 8.54. The average Bonchev–Trinajstić information content (AvgIpc) is 3.40. The number of hydrogen-bond acceptors (Lipinski definition) is 6. The molecular weight excluding hydrogens is 413 g/mol. The minimum atomic E-state index is -0.285. The van der Waals surface area contributed by atoms with Crippen LogP contribution in [-0.4, -0.2) is 28.0 Å². The third kappa shape index (κ3) is 5.15. The summed E-state index contributed by atoms with van der Waals surface area (Å²) < 4.78 is 15.1. The molecule has 0 radical (unpaired) electrons. The number of aryl methyl sites for hydroxylation is 2. The first-order valence-corrected chi connectivity index (χ1v) is 11.0. The highest BCUT2D eigenvalue weighted by Gasteiger charge is 2.14. The van der Waals surface area contributed by atoms with Crippen molar-refractivity contribution < 1.29 is 4.39 Å². The van der Waals surface area contributed by atoms with E-state index in [0.717, 1.165) is 21.3 Å². The molecule has 31 heavy (non-hydrogen) atoms. The van der Waals surface area contributed by atoms with Crippen LogP contribution in [0.25, 0.3) is 20.8 Å². The van der Waals surface area contributed by atoms with Gasteiger partial charge in [-0.25, -0.2) is 14.4 Å². The van der Waals surface area contributed by atoms with Crippen LogP contribution in [0.1, 0.15) is 24.0 Å². The fraction of sp³-hybridized carbons (Fsp3) is 0.261. The molecule has 4 aromatic rings. The largest absolute Gasteiger partial charge is 0.326 e. The molecule has 1 aromatic carbocycles. The Kier molecular flexibility index (Phi) is 6.39. The van der Waals surface area contributed by atoms with Gasteiger partial charge >= 0.3 is 0 Å². The summed E-state index contributed by atoms with van der Waals surface area (Å²) in [5, 5.41) is 6.92. The summed E-state index contributed by atoms with van der Waals surface area (Å²) in [5.74, 6) is 0.829. The molecule has 1 aliphatic heterocycles. The number of pyridine rings is 2. The molecule has 3 aromatic heterocycles. The molecule has 1 fully saturated rings. The van der Waals surface area contributed by atoms with Crippen molar-refractivity contribution in [1.82, 2.24) is 20.3 Å². The highest BCUT2D eigenvalue weighted by Crippen LogP contribution is 2.34. The van der Waals surface area contributed by atoms with Gasteiger partial charge in [0.1, 0.15) is 22.5 Å². The third-order valence-corrected chi connectivity index (χ3v) is 5.94. The van der Waals surface area contributed by atoms with E-state index in [1.54, 1.807) is 18.3 Å². The van der Waals surface area contributed by atoms with Gasteiger partial charge in [0.25, 0.3) is 0 Å². The molecule has 8 heteroatoms. The van der Waals surface area contributed by atoms with Crippen molar-refractivity contribution in [3.05, 3.63) is 69.9 Å². The lowest BCUT2D eigenvalue weighted by molar-refractivity contribution is 0.630. The number of hydrogen-bond donors (Lipinski definition) is 3. The van der Waals surface area contributed by atoms with Crippen molar-refractivity contribution in [3.63, 3.8) is 0 Å². The predicted molar refractivity (Wildman–Crippen MR) is 125 cm³/mol. The molecule has 0 unspecified atom stereocenters. The summed E-state index contributed by atoms with van der Waals surface area (Å²) in [6.07, 6.45) is 4.48. The summed E-state index contributed by atoms with van der Waals surface area (Å²) in [4.78, 5) is 23.2. The molecule has 0 bridgehead atoms. The summed E-state index contributed by atoms with van der Waals surface area (Å²) in [5.41, 5.74) is 2.75. The number of anilines is 2. The minimum absolute atomic E-state index is 0.181. The van der Waals surface area contributed by atoms with E-state index in [2.05, 4.69) is 25.6 Å². The van der Waals surface area contributed by atoms with Crippen LogP contribution in [0, 0.1) is 19.7 Å². The van der Waals surface area contributed by atoms with Crippen molar-refractivity contribution in [2.45, 2.75) is 26.7 Å². The SMILES string of the molecule is C1CCNC1.Cc1cc(Nc2cc3nc(-c4c(C)cccc4F)sc3cn2)[nH]c(=O)c1. The molecule has 3 N–H and O–H groups in total. The van der Waals surface area contributed by atoms with E-state index >= 15 is 0 Å². The first kappa shape index (κ1) is 21.1. The van der Waals surface area contributed by atoms with Crippen LogP contribution in [0.5, 0.6) is 0 Å². The number of aromatic nitrogens is 3. The topological polar surface area (TPSA) is 82.7 Å². The van der Waals surface area contributed by atoms with Crippen molar-refractivity contribution in [2.75, 3.05) is 18.4 Å². The minimum Gasteiger partial charge on any atom is -0.326 e. The highest BCUT2D eigenvalue weighted by molar-refractivity contribution is 7.21. The molecule has 5 rings (SSSR count). The summed E-state index contributed by atoms with van der Waals surface area (Å²) in [6.45, 7) is 6.21. The predicted octanol–water partition coefficient (Wildman–Crippen LogP) is 4.92. The van der Waals surface area contributed by atoms with Crippen LogP contribution in [0.4, 0.5) is 16.0 Å². The van der Waals surface area contributed by atoms with Crippen LogP contribution in [-0.2, 0) is 0 Å². The first-order chi connectivity index (χ1) is 15.0. The Morgan fingerprint density at radius 3 is 2.61 bits per heavy atom. The maximum absolute atomic E-state index is 14.2. The maximum atomic E-state index is 14.2. The lowest BCUT2D eigenvalue weighted by atomic mass is 10.1. The van der Waals surface area contributed by atoms with Gasteiger partial charge < -0.3 is 15.6 Å². The lowest BCUT2D eigenvalue weighted by Gasteiger charge is -2.05. The van der Waals surface area contributed by atoms with Crippen LogP contribution < -0.4 is 16.2 Å². The standard InChI is InChI=1S/C19H15FN4OS.C4H9N/c1-10-6-16(24-17(25)7-10)23-15-8-13-14(9-21-15)26-19(22-13)18-11(2)4-3-5-12(18)20;1-2-4-5-3-1/h3-9H,1-2H3,(H2,21,23,24,25);5H,1-4H2. The maximum Gasteiger partial charge on any atom is 0.249 e. The Morgan fingerprint density at radius 1 is 1.13 bits per heavy atom. The smallest absolute Gasteiger partial charge is 0.249 e. The van der Waals surface area contributed by atoms with E-state index in [-0.39, 0.29) is 11.4 Å². The molecule has 160 valence electrons. The van der Waals surface area contributed by atoms with Crippen LogP contribution >= 0.6 is 11.3 Å². The fourth-order valence-electron chi connectivity index (χ4n) is 3.42. The second kappa shape index (κ2) is 9.36. The number of benzene rings is 1. The van der Waals surface area contributed by atoms with Crippen LogP contribution in [0.2, 0.25) is 0 Å². The zero-order valence-electron chi connectivity index (χ0n) is 17.5. The van der Waals surface area contributed by atoms with Crippen molar-refractivity contribution in [2.24, 2.45) is 0 Å². The Balaban J connectivity index is 0.000000407. The van der Waals surface area contributed by atoms with Gasteiger partial charge in [0.2, 0.25) is 5.56 Å². The number of halogens is 1. The quantitative estimate of drug-likeness (QED) is 0.424. The first-order valence-electron chi connectivity index (χ1n) is 10.2. The number of rotatable bonds is 3. The van der Waals surface area contributed by atoms with Gasteiger partial charge in [-0.2, -0.15) is 0 Å². The molecule has 0 spiro atoms. The van der Waals surface area contributed by atoms with E-state index < -0.39 is 0 Å².